The minimum Gasteiger partial charge on any atom is -0.350 e. The Morgan fingerprint density at radius 1 is 0.456 bits per heavy atom. The molecule has 0 saturated carbocycles. The van der Waals surface area contributed by atoms with Gasteiger partial charge in [0.15, 0.2) is 0 Å². The van der Waals surface area contributed by atoms with Gasteiger partial charge in [0.25, 0.3) is 0 Å². The normalized spacial score (nSPS) is 15.9. The number of thiophene rings is 2. The highest BCUT2D eigenvalue weighted by atomic mass is 32.1. The van der Waals surface area contributed by atoms with Crippen LogP contribution in [0.5, 0.6) is 0 Å². The van der Waals surface area contributed by atoms with Gasteiger partial charge in [-0.3, -0.25) is 5.32 Å². The van der Waals surface area contributed by atoms with Crippen LogP contribution in [0.4, 0.5) is 0 Å². The van der Waals surface area contributed by atoms with E-state index in [0.717, 1.165) is 17.0 Å². The number of benzene rings is 8. The van der Waals surface area contributed by atoms with E-state index in [9.17, 15) is 0 Å². The van der Waals surface area contributed by atoms with E-state index in [0.29, 0.717) is 0 Å². The van der Waals surface area contributed by atoms with Crippen molar-refractivity contribution >= 4 is 90.7 Å². The highest BCUT2D eigenvalue weighted by Crippen LogP contribution is 2.45. The molecule has 0 spiro atoms. The molecule has 0 amide bonds. The second-order valence-corrected chi connectivity index (χ2v) is 16.9. The van der Waals surface area contributed by atoms with E-state index in [2.05, 4.69) is 191 Å². The summed E-state index contributed by atoms with van der Waals surface area (Å²) in [5.74, 6) is 0.895. The van der Waals surface area contributed by atoms with E-state index >= 15 is 0 Å². The molecule has 2 unspecified atom stereocenters. The molecule has 8 aromatic carbocycles. The van der Waals surface area contributed by atoms with E-state index in [-0.39, 0.29) is 12.3 Å². The first-order chi connectivity index (χ1) is 28.2. The molecule has 0 saturated heterocycles. The first kappa shape index (κ1) is 32.7. The summed E-state index contributed by atoms with van der Waals surface area (Å²) in [7, 11) is 0. The molecule has 57 heavy (non-hydrogen) atoms. The van der Waals surface area contributed by atoms with Gasteiger partial charge in [0, 0.05) is 52.0 Å². The third kappa shape index (κ3) is 5.26. The lowest BCUT2D eigenvalue weighted by molar-refractivity contribution is 0.409. The molecule has 6 heteroatoms. The fourth-order valence-electron chi connectivity index (χ4n) is 8.81. The van der Waals surface area contributed by atoms with Gasteiger partial charge in [0.2, 0.25) is 0 Å². The van der Waals surface area contributed by atoms with E-state index in [1.54, 1.807) is 0 Å². The zero-order valence-corrected chi connectivity index (χ0v) is 32.3. The van der Waals surface area contributed by atoms with Gasteiger partial charge >= 0.3 is 0 Å². The molecule has 1 aliphatic rings. The molecule has 0 radical (unpaired) electrons. The van der Waals surface area contributed by atoms with Crippen molar-refractivity contribution < 1.29 is 0 Å². The van der Waals surface area contributed by atoms with Crippen LogP contribution in [0.3, 0.4) is 0 Å². The van der Waals surface area contributed by atoms with Gasteiger partial charge in [0.1, 0.15) is 18.2 Å². The van der Waals surface area contributed by atoms with E-state index in [1.807, 2.05) is 28.7 Å². The SMILES string of the molecule is c1ccc(C2=NC(c3ccc4c(c3)sc3cc(-c5cccc6c5sc5c(-n7c8ccccc8c8ccccc87)cccc56)ccc34)NC(c3ccccc3)N2)cc1. The van der Waals surface area contributed by atoms with Gasteiger partial charge in [-0.1, -0.05) is 152 Å². The Bertz CT molecular complexity index is 3320. The summed E-state index contributed by atoms with van der Waals surface area (Å²) >= 11 is 3.77. The number of fused-ring (bicyclic) bond motifs is 9. The maximum absolute atomic E-state index is 5.21. The molecule has 270 valence electrons. The minimum atomic E-state index is -0.199. The van der Waals surface area contributed by atoms with E-state index in [1.165, 1.54) is 84.5 Å². The zero-order valence-electron chi connectivity index (χ0n) is 30.7. The maximum Gasteiger partial charge on any atom is 0.131 e. The standard InChI is InChI=1S/C51H34N4S2/c1-3-13-31(14-4-1)49-52-50(32-15-5-2-6-16-32)54-51(53-49)34-26-28-39-38-27-25-33(29-45(38)56-46(39)30-34)35-19-11-20-40-41-21-12-24-44(48(41)57-47(35)40)55-42-22-9-7-17-36(42)37-18-8-10-23-43(37)55/h1-30,49,51,53H,(H,52,54). The second-order valence-electron chi connectivity index (χ2n) is 14.8. The number of amidine groups is 1. The number of hydrogen-bond acceptors (Lipinski definition) is 5. The first-order valence-corrected chi connectivity index (χ1v) is 21.0. The van der Waals surface area contributed by atoms with Crippen LogP contribution in [0, 0.1) is 0 Å². The molecule has 1 aliphatic heterocycles. The topological polar surface area (TPSA) is 41.4 Å². The van der Waals surface area contributed by atoms with Crippen LogP contribution in [0.2, 0.25) is 0 Å². The molecule has 2 atom stereocenters. The number of nitrogens with zero attached hydrogens (tertiary/aromatic N) is 2. The summed E-state index contributed by atoms with van der Waals surface area (Å²) in [5, 5.41) is 15.2. The van der Waals surface area contributed by atoms with Gasteiger partial charge in [-0.25, -0.2) is 4.99 Å². The lowest BCUT2D eigenvalue weighted by atomic mass is 10.0. The van der Waals surface area contributed by atoms with Crippen molar-refractivity contribution in [1.82, 2.24) is 15.2 Å². The summed E-state index contributed by atoms with van der Waals surface area (Å²) in [6.45, 7) is 0. The zero-order chi connectivity index (χ0) is 37.5. The highest BCUT2D eigenvalue weighted by molar-refractivity contribution is 7.27. The molecular formula is C51H34N4S2. The Balaban J connectivity index is 0.956. The Kier molecular flexibility index (Phi) is 7.45. The fourth-order valence-corrected chi connectivity index (χ4v) is 11.3. The molecule has 2 N–H and O–H groups in total. The van der Waals surface area contributed by atoms with Crippen LogP contribution >= 0.6 is 22.7 Å². The fraction of sp³-hybridized carbons (Fsp3) is 0.0392. The number of para-hydroxylation sites is 2. The maximum atomic E-state index is 5.21. The van der Waals surface area contributed by atoms with Crippen LogP contribution in [0.1, 0.15) is 29.0 Å². The number of hydrogen-bond donors (Lipinski definition) is 2. The third-order valence-corrected chi connectivity index (χ3v) is 13.9. The Morgan fingerprint density at radius 3 is 1.86 bits per heavy atom. The first-order valence-electron chi connectivity index (χ1n) is 19.4. The van der Waals surface area contributed by atoms with Crippen LogP contribution in [-0.4, -0.2) is 10.4 Å². The average Bonchev–Trinajstić information content (AvgIpc) is 3.96. The molecule has 3 aromatic heterocycles. The van der Waals surface area contributed by atoms with Crippen molar-refractivity contribution in [2.75, 3.05) is 0 Å². The number of rotatable bonds is 5. The monoisotopic (exact) mass is 766 g/mol. The summed E-state index contributed by atoms with van der Waals surface area (Å²) in [5.41, 5.74) is 9.62. The molecule has 4 heterocycles. The third-order valence-electron chi connectivity index (χ3n) is 11.5. The molecule has 0 fully saturated rings. The quantitative estimate of drug-likeness (QED) is 0.183. The summed E-state index contributed by atoms with van der Waals surface area (Å²) in [4.78, 5) is 5.21. The molecule has 0 aliphatic carbocycles. The molecule has 12 rings (SSSR count). The highest BCUT2D eigenvalue weighted by Gasteiger charge is 2.26. The largest absolute Gasteiger partial charge is 0.350 e. The average molecular weight is 767 g/mol. The predicted molar refractivity (Wildman–Crippen MR) is 243 cm³/mol. The molecule has 0 bridgehead atoms. The molecule has 11 aromatic rings. The van der Waals surface area contributed by atoms with Crippen LogP contribution in [0.25, 0.3) is 79.0 Å². The second kappa shape index (κ2) is 13.0. The smallest absolute Gasteiger partial charge is 0.131 e. The summed E-state index contributed by atoms with van der Waals surface area (Å²) < 4.78 is 7.64. The molecular weight excluding hydrogens is 733 g/mol. The van der Waals surface area contributed by atoms with Crippen molar-refractivity contribution in [3.8, 4) is 16.8 Å². The Labute approximate surface area is 337 Å². The number of nitrogens with one attached hydrogen (secondary N) is 2. The van der Waals surface area contributed by atoms with Crippen molar-refractivity contribution in [3.63, 3.8) is 0 Å². The van der Waals surface area contributed by atoms with Crippen LogP contribution in [0.15, 0.2) is 187 Å². The van der Waals surface area contributed by atoms with Gasteiger partial charge < -0.3 is 9.88 Å². The number of aromatic nitrogens is 1. The van der Waals surface area contributed by atoms with E-state index < -0.39 is 0 Å². The van der Waals surface area contributed by atoms with Crippen molar-refractivity contribution in [2.24, 2.45) is 4.99 Å². The van der Waals surface area contributed by atoms with Gasteiger partial charge in [0.05, 0.1) is 21.4 Å². The van der Waals surface area contributed by atoms with Crippen LogP contribution in [-0.2, 0) is 0 Å². The lowest BCUT2D eigenvalue weighted by Crippen LogP contribution is -2.44. The van der Waals surface area contributed by atoms with Gasteiger partial charge in [-0.05, 0) is 52.6 Å². The predicted octanol–water partition coefficient (Wildman–Crippen LogP) is 13.5. The van der Waals surface area contributed by atoms with Gasteiger partial charge in [-0.15, -0.1) is 22.7 Å². The molecule has 4 nitrogen and oxygen atoms in total. The van der Waals surface area contributed by atoms with E-state index in [4.69, 9.17) is 4.99 Å². The lowest BCUT2D eigenvalue weighted by Gasteiger charge is -2.32. The van der Waals surface area contributed by atoms with Gasteiger partial charge in [-0.2, -0.15) is 0 Å². The van der Waals surface area contributed by atoms with Crippen molar-refractivity contribution in [2.45, 2.75) is 12.3 Å². The van der Waals surface area contributed by atoms with Crippen molar-refractivity contribution in [1.29, 1.82) is 0 Å². The minimum absolute atomic E-state index is 0.0702. The Hall–Kier alpha value is -6.57. The number of aliphatic imine (C=N–C) groups is 1. The van der Waals surface area contributed by atoms with Crippen LogP contribution < -0.4 is 10.6 Å². The van der Waals surface area contributed by atoms with Crippen molar-refractivity contribution in [3.05, 3.63) is 199 Å². The summed E-state index contributed by atoms with van der Waals surface area (Å²) in [6, 6.07) is 66.0. The Morgan fingerprint density at radius 2 is 1.09 bits per heavy atom. The summed E-state index contributed by atoms with van der Waals surface area (Å²) in [6.07, 6.45) is -0.269.